The zero-order valence-electron chi connectivity index (χ0n) is 25.4. The van der Waals surface area contributed by atoms with Gasteiger partial charge in [-0.15, -0.1) is 0 Å². The molecule has 232 valence electrons. The predicted molar refractivity (Wildman–Crippen MR) is 178 cm³/mol. The lowest BCUT2D eigenvalue weighted by Gasteiger charge is -2.30. The van der Waals surface area contributed by atoms with Crippen LogP contribution in [0, 0.1) is 0 Å². The van der Waals surface area contributed by atoms with Gasteiger partial charge in [-0.3, -0.25) is 24.3 Å². The number of aliphatic imine (C=N–C) groups is 1. The molecule has 0 aromatic heterocycles. The summed E-state index contributed by atoms with van der Waals surface area (Å²) in [6.07, 6.45) is 1.23. The Hall–Kier alpha value is -5.24. The van der Waals surface area contributed by atoms with Gasteiger partial charge in [-0.05, 0) is 41.5 Å². The first kappa shape index (κ1) is 32.7. The summed E-state index contributed by atoms with van der Waals surface area (Å²) in [5.74, 6) is -1.25. The zero-order chi connectivity index (χ0) is 31.9. The highest BCUT2D eigenvalue weighted by Crippen LogP contribution is 2.27. The van der Waals surface area contributed by atoms with E-state index in [0.717, 1.165) is 27.2 Å². The van der Waals surface area contributed by atoms with Crippen molar-refractivity contribution in [3.63, 3.8) is 0 Å². The lowest BCUT2D eigenvalue weighted by molar-refractivity contribution is -0.151. The normalized spacial score (nSPS) is 11.4. The number of nitrogens with zero attached hydrogens (tertiary/aromatic N) is 2. The Morgan fingerprint density at radius 1 is 0.644 bits per heavy atom. The molecule has 1 unspecified atom stereocenters. The Labute approximate surface area is 265 Å². The van der Waals surface area contributed by atoms with Crippen molar-refractivity contribution in [3.8, 4) is 0 Å². The van der Waals surface area contributed by atoms with E-state index in [0.29, 0.717) is 19.4 Å². The predicted octanol–water partition coefficient (Wildman–Crippen LogP) is 4.59. The van der Waals surface area contributed by atoms with Crippen molar-refractivity contribution in [2.45, 2.75) is 44.1 Å². The first-order valence-electron chi connectivity index (χ1n) is 15.3. The standard InChI is InChI=1S/C37H41N5O3/c38-37(39)41-24-13-22-33(36(45)40-25-23-32(30-18-9-3-10-19-30)31-20-11-4-12-21-31)42(34(43)26-28-14-5-1-6-15-28)35(44)27-29-16-7-2-8-17-29/h1-12,14-21,32-33H,13,22-27H2,(H,40,45)(H4,38,39,41). The summed E-state index contributed by atoms with van der Waals surface area (Å²) in [5.41, 5.74) is 14.8. The fourth-order valence-electron chi connectivity index (χ4n) is 5.42. The van der Waals surface area contributed by atoms with E-state index in [1.165, 1.54) is 0 Å². The van der Waals surface area contributed by atoms with Gasteiger partial charge >= 0.3 is 0 Å². The Bertz CT molecular complexity index is 1430. The molecule has 0 spiro atoms. The van der Waals surface area contributed by atoms with Crippen LogP contribution in [0.5, 0.6) is 0 Å². The van der Waals surface area contributed by atoms with Crippen molar-refractivity contribution in [2.24, 2.45) is 16.5 Å². The molecule has 1 atom stereocenters. The third-order valence-electron chi connectivity index (χ3n) is 7.61. The van der Waals surface area contributed by atoms with E-state index in [1.807, 2.05) is 97.1 Å². The van der Waals surface area contributed by atoms with E-state index in [2.05, 4.69) is 34.6 Å². The van der Waals surface area contributed by atoms with Crippen molar-refractivity contribution in [2.75, 3.05) is 13.1 Å². The molecule has 4 rings (SSSR count). The number of carbonyl (C=O) groups excluding carboxylic acids is 3. The van der Waals surface area contributed by atoms with Crippen LogP contribution in [0.2, 0.25) is 0 Å². The van der Waals surface area contributed by atoms with Crippen molar-refractivity contribution < 1.29 is 14.4 Å². The Kier molecular flexibility index (Phi) is 12.5. The maximum absolute atomic E-state index is 13.9. The van der Waals surface area contributed by atoms with Crippen LogP contribution in [0.4, 0.5) is 0 Å². The molecule has 5 N–H and O–H groups in total. The number of guanidine groups is 1. The van der Waals surface area contributed by atoms with Gasteiger partial charge in [0.25, 0.3) is 0 Å². The molecular formula is C37H41N5O3. The minimum atomic E-state index is -1.03. The van der Waals surface area contributed by atoms with Crippen LogP contribution < -0.4 is 16.8 Å². The number of benzene rings is 4. The van der Waals surface area contributed by atoms with Crippen LogP contribution in [0.3, 0.4) is 0 Å². The van der Waals surface area contributed by atoms with Gasteiger partial charge in [0.2, 0.25) is 17.7 Å². The highest BCUT2D eigenvalue weighted by molar-refractivity contribution is 6.01. The highest BCUT2D eigenvalue weighted by Gasteiger charge is 2.34. The number of hydrogen-bond acceptors (Lipinski definition) is 4. The first-order chi connectivity index (χ1) is 21.9. The second-order valence-electron chi connectivity index (χ2n) is 10.9. The average molecular weight is 604 g/mol. The molecule has 0 saturated carbocycles. The average Bonchev–Trinajstić information content (AvgIpc) is 3.06. The van der Waals surface area contributed by atoms with Crippen LogP contribution in [0.1, 0.15) is 47.4 Å². The van der Waals surface area contributed by atoms with Crippen LogP contribution in [-0.4, -0.2) is 47.7 Å². The fourth-order valence-corrected chi connectivity index (χ4v) is 5.42. The minimum Gasteiger partial charge on any atom is -0.370 e. The van der Waals surface area contributed by atoms with Gasteiger partial charge in [-0.25, -0.2) is 0 Å². The summed E-state index contributed by atoms with van der Waals surface area (Å²) in [5, 5.41) is 3.05. The number of carbonyl (C=O) groups is 3. The van der Waals surface area contributed by atoms with Crippen molar-refractivity contribution in [1.29, 1.82) is 0 Å². The lowest BCUT2D eigenvalue weighted by Crippen LogP contribution is -2.53. The molecule has 4 aromatic carbocycles. The zero-order valence-corrected chi connectivity index (χ0v) is 25.4. The third kappa shape index (κ3) is 10.2. The molecule has 0 heterocycles. The number of amides is 3. The number of nitrogens with one attached hydrogen (secondary N) is 1. The topological polar surface area (TPSA) is 131 Å². The maximum atomic E-state index is 13.9. The van der Waals surface area contributed by atoms with Crippen molar-refractivity contribution in [3.05, 3.63) is 144 Å². The summed E-state index contributed by atoms with van der Waals surface area (Å²) in [6, 6.07) is 37.7. The molecule has 45 heavy (non-hydrogen) atoms. The van der Waals surface area contributed by atoms with Crippen molar-refractivity contribution >= 4 is 23.7 Å². The lowest BCUT2D eigenvalue weighted by atomic mass is 9.88. The molecule has 0 bridgehead atoms. The minimum absolute atomic E-state index is 0.0108. The van der Waals surface area contributed by atoms with Gasteiger partial charge in [0.1, 0.15) is 6.04 Å². The number of rotatable bonds is 15. The Morgan fingerprint density at radius 3 is 1.53 bits per heavy atom. The molecule has 0 aliphatic rings. The largest absolute Gasteiger partial charge is 0.370 e. The SMILES string of the molecule is NC(N)=NCCCC(C(=O)NCCC(c1ccccc1)c1ccccc1)N(C(=O)Cc1ccccc1)C(=O)Cc1ccccc1. The molecule has 3 amide bonds. The molecule has 0 aliphatic carbocycles. The highest BCUT2D eigenvalue weighted by atomic mass is 16.2. The molecule has 0 radical (unpaired) electrons. The molecule has 8 heteroatoms. The molecule has 8 nitrogen and oxygen atoms in total. The molecule has 0 aliphatic heterocycles. The van der Waals surface area contributed by atoms with Gasteiger partial charge in [0.15, 0.2) is 5.96 Å². The fraction of sp³-hybridized carbons (Fsp3) is 0.243. The van der Waals surface area contributed by atoms with Crippen molar-refractivity contribution in [1.82, 2.24) is 10.2 Å². The van der Waals surface area contributed by atoms with Crippen LogP contribution >= 0.6 is 0 Å². The third-order valence-corrected chi connectivity index (χ3v) is 7.61. The second-order valence-corrected chi connectivity index (χ2v) is 10.9. The molecule has 0 fully saturated rings. The van der Waals surface area contributed by atoms with Crippen LogP contribution in [0.15, 0.2) is 126 Å². The quantitative estimate of drug-likeness (QED) is 0.104. The molecule has 0 saturated heterocycles. The summed E-state index contributed by atoms with van der Waals surface area (Å²) in [7, 11) is 0. The summed E-state index contributed by atoms with van der Waals surface area (Å²) < 4.78 is 0. The second kappa shape index (κ2) is 17.2. The van der Waals surface area contributed by atoms with Crippen LogP contribution in [-0.2, 0) is 27.2 Å². The first-order valence-corrected chi connectivity index (χ1v) is 15.3. The summed E-state index contributed by atoms with van der Waals surface area (Å²) in [4.78, 5) is 46.8. The number of nitrogens with two attached hydrogens (primary N) is 2. The monoisotopic (exact) mass is 603 g/mol. The maximum Gasteiger partial charge on any atom is 0.243 e. The van der Waals surface area contributed by atoms with E-state index in [1.54, 1.807) is 0 Å². The Balaban J connectivity index is 1.57. The van der Waals surface area contributed by atoms with E-state index in [9.17, 15) is 14.4 Å². The van der Waals surface area contributed by atoms with Gasteiger partial charge in [0, 0.05) is 19.0 Å². The van der Waals surface area contributed by atoms with Gasteiger partial charge < -0.3 is 16.8 Å². The summed E-state index contributed by atoms with van der Waals surface area (Å²) >= 11 is 0. The van der Waals surface area contributed by atoms with Gasteiger partial charge in [-0.1, -0.05) is 121 Å². The van der Waals surface area contributed by atoms with E-state index in [4.69, 9.17) is 11.5 Å². The number of imide groups is 1. The van der Waals surface area contributed by atoms with Gasteiger partial charge in [-0.2, -0.15) is 0 Å². The van der Waals surface area contributed by atoms with E-state index >= 15 is 0 Å². The smallest absolute Gasteiger partial charge is 0.243 e. The summed E-state index contributed by atoms with van der Waals surface area (Å²) in [6.45, 7) is 0.620. The van der Waals surface area contributed by atoms with Gasteiger partial charge in [0.05, 0.1) is 12.8 Å². The van der Waals surface area contributed by atoms with E-state index < -0.39 is 17.9 Å². The molecular weight excluding hydrogens is 562 g/mol. The number of hydrogen-bond donors (Lipinski definition) is 3. The van der Waals surface area contributed by atoms with Crippen LogP contribution in [0.25, 0.3) is 0 Å². The molecule has 4 aromatic rings. The van der Waals surface area contributed by atoms with E-state index in [-0.39, 0.29) is 43.6 Å². The Morgan fingerprint density at radius 2 is 1.09 bits per heavy atom.